The molecule has 0 spiro atoms. The molecule has 0 heterocycles. The number of halogens is 1. The molecule has 0 saturated carbocycles. The highest BCUT2D eigenvalue weighted by Gasteiger charge is 2.11. The summed E-state index contributed by atoms with van der Waals surface area (Å²) in [6.45, 7) is 0. The van der Waals surface area contributed by atoms with Gasteiger partial charge in [0.2, 0.25) is 0 Å². The number of carbonyl (C=O) groups excluding carboxylic acids is 2. The van der Waals surface area contributed by atoms with Crippen molar-refractivity contribution in [3.63, 3.8) is 0 Å². The minimum absolute atomic E-state index is 0.317. The van der Waals surface area contributed by atoms with Crippen LogP contribution in [0.25, 0.3) is 0 Å². The van der Waals surface area contributed by atoms with E-state index in [4.69, 9.17) is 4.74 Å². The molecule has 3 rings (SSSR count). The molecule has 6 heteroatoms. The van der Waals surface area contributed by atoms with Crippen molar-refractivity contribution < 1.29 is 18.7 Å². The minimum Gasteiger partial charge on any atom is -0.497 e. The summed E-state index contributed by atoms with van der Waals surface area (Å²) in [6, 6.07) is 18.8. The van der Waals surface area contributed by atoms with E-state index in [1.165, 1.54) is 30.3 Å². The quantitative estimate of drug-likeness (QED) is 0.708. The fraction of sp³-hybridized carbons (Fsp3) is 0.0476. The largest absolute Gasteiger partial charge is 0.497 e. The molecular weight excluding hydrogens is 347 g/mol. The molecule has 0 aliphatic heterocycles. The molecule has 3 aromatic carbocycles. The number of hydrogen-bond acceptors (Lipinski definition) is 3. The van der Waals surface area contributed by atoms with E-state index in [9.17, 15) is 14.0 Å². The number of rotatable bonds is 5. The molecule has 2 amide bonds. The number of carbonyl (C=O) groups is 2. The summed E-state index contributed by atoms with van der Waals surface area (Å²) in [4.78, 5) is 24.8. The normalized spacial score (nSPS) is 10.1. The van der Waals surface area contributed by atoms with E-state index < -0.39 is 5.91 Å². The van der Waals surface area contributed by atoms with Crippen molar-refractivity contribution >= 4 is 23.2 Å². The lowest BCUT2D eigenvalue weighted by Crippen LogP contribution is -2.15. The van der Waals surface area contributed by atoms with Gasteiger partial charge in [-0.05, 0) is 54.6 Å². The second-order valence-electron chi connectivity index (χ2n) is 5.73. The van der Waals surface area contributed by atoms with Crippen LogP contribution in [0.3, 0.4) is 0 Å². The summed E-state index contributed by atoms with van der Waals surface area (Å²) >= 11 is 0. The number of hydrogen-bond donors (Lipinski definition) is 2. The van der Waals surface area contributed by atoms with Crippen LogP contribution in [0.15, 0.2) is 72.8 Å². The molecule has 0 aliphatic carbocycles. The number of ether oxygens (including phenoxy) is 1. The third-order valence-electron chi connectivity index (χ3n) is 3.82. The van der Waals surface area contributed by atoms with Crippen LogP contribution < -0.4 is 15.4 Å². The lowest BCUT2D eigenvalue weighted by Gasteiger charge is -2.09. The number of benzene rings is 3. The van der Waals surface area contributed by atoms with Gasteiger partial charge < -0.3 is 15.4 Å². The van der Waals surface area contributed by atoms with Crippen molar-refractivity contribution in [3.05, 3.63) is 89.7 Å². The Morgan fingerprint density at radius 3 is 2.00 bits per heavy atom. The molecule has 0 saturated heterocycles. The third kappa shape index (κ3) is 4.70. The Kier molecular flexibility index (Phi) is 5.47. The predicted molar refractivity (Wildman–Crippen MR) is 102 cm³/mol. The summed E-state index contributed by atoms with van der Waals surface area (Å²) in [6.07, 6.45) is 0. The first-order chi connectivity index (χ1) is 13.0. The van der Waals surface area contributed by atoms with Gasteiger partial charge in [0.25, 0.3) is 11.8 Å². The van der Waals surface area contributed by atoms with Gasteiger partial charge in [-0.1, -0.05) is 12.1 Å². The molecule has 3 aromatic rings. The van der Waals surface area contributed by atoms with Crippen LogP contribution in [0.4, 0.5) is 15.8 Å². The van der Waals surface area contributed by atoms with E-state index in [0.717, 1.165) is 0 Å². The molecule has 0 fully saturated rings. The van der Waals surface area contributed by atoms with Crippen LogP contribution in [-0.2, 0) is 0 Å². The first-order valence-electron chi connectivity index (χ1n) is 8.17. The molecule has 0 unspecified atom stereocenters. The lowest BCUT2D eigenvalue weighted by molar-refractivity contribution is 0.102. The maximum Gasteiger partial charge on any atom is 0.255 e. The highest BCUT2D eigenvalue weighted by Crippen LogP contribution is 2.18. The smallest absolute Gasteiger partial charge is 0.255 e. The third-order valence-corrected chi connectivity index (χ3v) is 3.82. The van der Waals surface area contributed by atoms with Gasteiger partial charge in [-0.15, -0.1) is 0 Å². The number of amides is 2. The van der Waals surface area contributed by atoms with E-state index in [-0.39, 0.29) is 11.7 Å². The van der Waals surface area contributed by atoms with Gasteiger partial charge in [-0.2, -0.15) is 0 Å². The lowest BCUT2D eigenvalue weighted by atomic mass is 10.1. The monoisotopic (exact) mass is 364 g/mol. The topological polar surface area (TPSA) is 67.4 Å². The number of nitrogens with one attached hydrogen (secondary N) is 2. The molecule has 136 valence electrons. The zero-order chi connectivity index (χ0) is 19.2. The second-order valence-corrected chi connectivity index (χ2v) is 5.73. The first kappa shape index (κ1) is 18.1. The van der Waals surface area contributed by atoms with Crippen LogP contribution >= 0.6 is 0 Å². The molecule has 0 aliphatic rings. The Balaban J connectivity index is 1.73. The fourth-order valence-electron chi connectivity index (χ4n) is 2.44. The van der Waals surface area contributed by atoms with Crippen LogP contribution in [0.5, 0.6) is 5.75 Å². The van der Waals surface area contributed by atoms with Crippen molar-refractivity contribution in [1.82, 2.24) is 0 Å². The number of anilines is 2. The van der Waals surface area contributed by atoms with Gasteiger partial charge in [-0.3, -0.25) is 9.59 Å². The standard InChI is InChI=1S/C21H17FN2O3/c1-27-19-7-3-6-18(13-19)24-21(26)15-5-2-4-14(12-15)20(25)23-17-10-8-16(22)9-11-17/h2-13H,1H3,(H,23,25)(H,24,26). The van der Waals surface area contributed by atoms with Gasteiger partial charge in [0.15, 0.2) is 0 Å². The van der Waals surface area contributed by atoms with Crippen molar-refractivity contribution in [2.24, 2.45) is 0 Å². The Morgan fingerprint density at radius 1 is 0.778 bits per heavy atom. The first-order valence-corrected chi connectivity index (χ1v) is 8.17. The summed E-state index contributed by atoms with van der Waals surface area (Å²) in [5.41, 5.74) is 1.70. The van der Waals surface area contributed by atoms with Crippen LogP contribution in [-0.4, -0.2) is 18.9 Å². The second kappa shape index (κ2) is 8.14. The molecular formula is C21H17FN2O3. The zero-order valence-electron chi connectivity index (χ0n) is 14.5. The van der Waals surface area contributed by atoms with Crippen molar-refractivity contribution in [3.8, 4) is 5.75 Å². The Bertz CT molecular complexity index is 971. The Morgan fingerprint density at radius 2 is 1.37 bits per heavy atom. The van der Waals surface area contributed by atoms with Gasteiger partial charge in [-0.25, -0.2) is 4.39 Å². The van der Waals surface area contributed by atoms with Crippen LogP contribution in [0.2, 0.25) is 0 Å². The highest BCUT2D eigenvalue weighted by molar-refractivity contribution is 6.08. The molecule has 0 bridgehead atoms. The average molecular weight is 364 g/mol. The van der Waals surface area contributed by atoms with E-state index in [1.807, 2.05) is 0 Å². The van der Waals surface area contributed by atoms with E-state index in [0.29, 0.717) is 28.3 Å². The fourth-order valence-corrected chi connectivity index (χ4v) is 2.44. The van der Waals surface area contributed by atoms with E-state index >= 15 is 0 Å². The summed E-state index contributed by atoms with van der Waals surface area (Å²) in [7, 11) is 1.55. The van der Waals surface area contributed by atoms with Gasteiger partial charge >= 0.3 is 0 Å². The molecule has 2 N–H and O–H groups in total. The van der Waals surface area contributed by atoms with Crippen molar-refractivity contribution in [1.29, 1.82) is 0 Å². The minimum atomic E-state index is -0.391. The summed E-state index contributed by atoms with van der Waals surface area (Å²) in [5.74, 6) is -0.498. The summed E-state index contributed by atoms with van der Waals surface area (Å²) in [5, 5.41) is 5.43. The van der Waals surface area contributed by atoms with E-state index in [2.05, 4.69) is 10.6 Å². The molecule has 5 nitrogen and oxygen atoms in total. The highest BCUT2D eigenvalue weighted by atomic mass is 19.1. The molecule has 0 radical (unpaired) electrons. The predicted octanol–water partition coefficient (Wildman–Crippen LogP) is 4.34. The van der Waals surface area contributed by atoms with Crippen LogP contribution in [0, 0.1) is 5.82 Å². The van der Waals surface area contributed by atoms with Gasteiger partial charge in [0, 0.05) is 28.6 Å². The van der Waals surface area contributed by atoms with Gasteiger partial charge in [0.05, 0.1) is 7.11 Å². The van der Waals surface area contributed by atoms with Crippen molar-refractivity contribution in [2.75, 3.05) is 17.7 Å². The Hall–Kier alpha value is -3.67. The average Bonchev–Trinajstić information content (AvgIpc) is 2.70. The molecule has 27 heavy (non-hydrogen) atoms. The maximum absolute atomic E-state index is 13.0. The maximum atomic E-state index is 13.0. The SMILES string of the molecule is COc1cccc(NC(=O)c2cccc(C(=O)Nc3ccc(F)cc3)c2)c1. The number of methoxy groups -OCH3 is 1. The Labute approximate surface area is 155 Å². The van der Waals surface area contributed by atoms with E-state index in [1.54, 1.807) is 49.6 Å². The van der Waals surface area contributed by atoms with Crippen LogP contribution in [0.1, 0.15) is 20.7 Å². The van der Waals surface area contributed by atoms with Gasteiger partial charge in [0.1, 0.15) is 11.6 Å². The molecule has 0 atom stereocenters. The van der Waals surface area contributed by atoms with Crippen molar-refractivity contribution in [2.45, 2.75) is 0 Å². The zero-order valence-corrected chi connectivity index (χ0v) is 14.5. The molecule has 0 aromatic heterocycles. The summed E-state index contributed by atoms with van der Waals surface area (Å²) < 4.78 is 18.1.